The van der Waals surface area contributed by atoms with E-state index in [0.29, 0.717) is 30.6 Å². The summed E-state index contributed by atoms with van der Waals surface area (Å²) in [5.41, 5.74) is 1.90. The van der Waals surface area contributed by atoms with Gasteiger partial charge in [-0.25, -0.2) is 0 Å². The number of ether oxygens (including phenoxy) is 1. The molecule has 9 heteroatoms. The third kappa shape index (κ3) is 9.47. The molecule has 0 saturated carbocycles. The lowest BCUT2D eigenvalue weighted by Crippen LogP contribution is -2.38. The molecule has 0 aromatic heterocycles. The van der Waals surface area contributed by atoms with E-state index in [4.69, 9.17) is 0 Å². The molecule has 0 fully saturated rings. The average Bonchev–Trinajstić information content (AvgIpc) is 2.70. The van der Waals surface area contributed by atoms with Gasteiger partial charge in [0.1, 0.15) is 5.75 Å². The molecule has 2 rings (SSSR count). The monoisotopic (exact) mass is 427 g/mol. The zero-order valence-electron chi connectivity index (χ0n) is 16.0. The van der Waals surface area contributed by atoms with Crippen molar-refractivity contribution in [2.24, 2.45) is 4.99 Å². The summed E-state index contributed by atoms with van der Waals surface area (Å²) in [6.07, 6.45) is -4.36. The minimum atomic E-state index is -4.36. The molecule has 2 N–H and O–H groups in total. The zero-order valence-corrected chi connectivity index (χ0v) is 16.9. The van der Waals surface area contributed by atoms with Crippen LogP contribution in [-0.2, 0) is 23.1 Å². The summed E-state index contributed by atoms with van der Waals surface area (Å²) in [6, 6.07) is 16.0. The highest BCUT2D eigenvalue weighted by Crippen LogP contribution is 2.18. The van der Waals surface area contributed by atoms with Crippen LogP contribution in [0.25, 0.3) is 0 Å². The molecule has 2 aromatic carbocycles. The largest absolute Gasteiger partial charge is 0.484 e. The molecule has 0 aliphatic heterocycles. The van der Waals surface area contributed by atoms with Crippen molar-refractivity contribution in [2.75, 3.05) is 26.0 Å². The SMILES string of the molecule is CN=C(NCCS(=O)Cc1ccccc1)NCc1ccc(OCC(F)(F)F)cc1. The second kappa shape index (κ2) is 11.5. The first-order valence-electron chi connectivity index (χ1n) is 8.97. The maximum Gasteiger partial charge on any atom is 0.422 e. The van der Waals surface area contributed by atoms with E-state index in [2.05, 4.69) is 20.4 Å². The highest BCUT2D eigenvalue weighted by Gasteiger charge is 2.28. The lowest BCUT2D eigenvalue weighted by Gasteiger charge is -2.13. The van der Waals surface area contributed by atoms with Gasteiger partial charge in [-0.05, 0) is 23.3 Å². The van der Waals surface area contributed by atoms with Gasteiger partial charge in [0, 0.05) is 42.4 Å². The van der Waals surface area contributed by atoms with Gasteiger partial charge in [-0.15, -0.1) is 0 Å². The van der Waals surface area contributed by atoms with Crippen molar-refractivity contribution < 1.29 is 22.1 Å². The Kier molecular flexibility index (Phi) is 8.98. The molecule has 0 heterocycles. The Hall–Kier alpha value is -2.55. The number of hydrogen-bond acceptors (Lipinski definition) is 3. The van der Waals surface area contributed by atoms with E-state index < -0.39 is 23.6 Å². The first-order valence-corrected chi connectivity index (χ1v) is 10.5. The van der Waals surface area contributed by atoms with Crippen LogP contribution in [-0.4, -0.2) is 42.3 Å². The van der Waals surface area contributed by atoms with Crippen molar-refractivity contribution in [3.05, 3.63) is 65.7 Å². The predicted octanol–water partition coefficient (Wildman–Crippen LogP) is 3.24. The van der Waals surface area contributed by atoms with Crippen LogP contribution in [0.2, 0.25) is 0 Å². The molecule has 29 heavy (non-hydrogen) atoms. The summed E-state index contributed by atoms with van der Waals surface area (Å²) < 4.78 is 53.3. The molecule has 0 aliphatic carbocycles. The van der Waals surface area contributed by atoms with Gasteiger partial charge in [0.15, 0.2) is 12.6 Å². The van der Waals surface area contributed by atoms with Gasteiger partial charge in [-0.2, -0.15) is 13.2 Å². The molecule has 0 aliphatic rings. The van der Waals surface area contributed by atoms with Gasteiger partial charge in [0.2, 0.25) is 0 Å². The number of alkyl halides is 3. The Labute approximate surface area is 170 Å². The van der Waals surface area contributed by atoms with Crippen LogP contribution in [0.3, 0.4) is 0 Å². The minimum absolute atomic E-state index is 0.162. The van der Waals surface area contributed by atoms with Crippen LogP contribution in [0.5, 0.6) is 5.75 Å². The molecular weight excluding hydrogens is 403 g/mol. The van der Waals surface area contributed by atoms with E-state index in [9.17, 15) is 17.4 Å². The van der Waals surface area contributed by atoms with Crippen molar-refractivity contribution in [1.82, 2.24) is 10.6 Å². The highest BCUT2D eigenvalue weighted by atomic mass is 32.2. The first-order chi connectivity index (χ1) is 13.9. The molecule has 0 bridgehead atoms. The summed E-state index contributed by atoms with van der Waals surface area (Å²) in [6.45, 7) is -0.373. The molecule has 0 saturated heterocycles. The first kappa shape index (κ1) is 22.7. The Bertz CT molecular complexity index is 797. The number of halogens is 3. The zero-order chi connectivity index (χ0) is 21.1. The predicted molar refractivity (Wildman–Crippen MR) is 109 cm³/mol. The Morgan fingerprint density at radius 3 is 2.34 bits per heavy atom. The highest BCUT2D eigenvalue weighted by molar-refractivity contribution is 7.84. The van der Waals surface area contributed by atoms with Crippen LogP contribution in [0.1, 0.15) is 11.1 Å². The number of guanidine groups is 1. The lowest BCUT2D eigenvalue weighted by atomic mass is 10.2. The fourth-order valence-corrected chi connectivity index (χ4v) is 3.43. The third-order valence-corrected chi connectivity index (χ3v) is 5.12. The van der Waals surface area contributed by atoms with Crippen LogP contribution in [0.4, 0.5) is 13.2 Å². The Morgan fingerprint density at radius 2 is 1.72 bits per heavy atom. The fourth-order valence-electron chi connectivity index (χ4n) is 2.39. The number of rotatable bonds is 9. The van der Waals surface area contributed by atoms with Crippen LogP contribution < -0.4 is 15.4 Å². The van der Waals surface area contributed by atoms with Crippen molar-refractivity contribution in [2.45, 2.75) is 18.5 Å². The topological polar surface area (TPSA) is 62.7 Å². The molecule has 0 amide bonds. The summed E-state index contributed by atoms with van der Waals surface area (Å²) >= 11 is 0. The van der Waals surface area contributed by atoms with Gasteiger partial charge < -0.3 is 15.4 Å². The third-order valence-electron chi connectivity index (χ3n) is 3.80. The molecule has 0 radical (unpaired) electrons. The van der Waals surface area contributed by atoms with E-state index >= 15 is 0 Å². The molecular formula is C20H24F3N3O2S. The standard InChI is InChI=1S/C20H24F3N3O2S/c1-24-19(25-11-12-29(27)14-17-5-3-2-4-6-17)26-13-16-7-9-18(10-8-16)28-15-20(21,22)23/h2-10H,11-15H2,1H3,(H2,24,25,26). The van der Waals surface area contributed by atoms with Crippen molar-refractivity contribution in [1.29, 1.82) is 0 Å². The lowest BCUT2D eigenvalue weighted by molar-refractivity contribution is -0.153. The van der Waals surface area contributed by atoms with Gasteiger partial charge in [0.25, 0.3) is 0 Å². The van der Waals surface area contributed by atoms with Gasteiger partial charge >= 0.3 is 6.18 Å². The van der Waals surface area contributed by atoms with Gasteiger partial charge in [0.05, 0.1) is 0 Å². The number of benzene rings is 2. The normalized spacial score (nSPS) is 13.0. The van der Waals surface area contributed by atoms with Gasteiger partial charge in [-0.1, -0.05) is 42.5 Å². The second-order valence-corrected chi connectivity index (χ2v) is 7.75. The smallest absolute Gasteiger partial charge is 0.422 e. The molecule has 1 unspecified atom stereocenters. The minimum Gasteiger partial charge on any atom is -0.484 e. The van der Waals surface area contributed by atoms with E-state index in [1.807, 2.05) is 30.3 Å². The van der Waals surface area contributed by atoms with E-state index in [0.717, 1.165) is 11.1 Å². The van der Waals surface area contributed by atoms with E-state index in [1.54, 1.807) is 19.2 Å². The fraction of sp³-hybridized carbons (Fsp3) is 0.350. The molecule has 0 spiro atoms. The quantitative estimate of drug-likeness (QED) is 0.477. The number of nitrogens with zero attached hydrogens (tertiary/aromatic N) is 1. The van der Waals surface area contributed by atoms with Crippen LogP contribution in [0.15, 0.2) is 59.6 Å². The van der Waals surface area contributed by atoms with E-state index in [1.165, 1.54) is 12.1 Å². The summed E-state index contributed by atoms with van der Waals surface area (Å²) in [5.74, 6) is 1.71. The number of hydrogen-bond donors (Lipinski definition) is 2. The van der Waals surface area contributed by atoms with Crippen molar-refractivity contribution >= 4 is 16.8 Å². The molecule has 1 atom stereocenters. The summed E-state index contributed by atoms with van der Waals surface area (Å²) in [4.78, 5) is 4.10. The maximum atomic E-state index is 12.2. The Balaban J connectivity index is 1.70. The summed E-state index contributed by atoms with van der Waals surface area (Å²) in [5, 5.41) is 6.20. The van der Waals surface area contributed by atoms with Gasteiger partial charge in [-0.3, -0.25) is 9.20 Å². The average molecular weight is 427 g/mol. The van der Waals surface area contributed by atoms with Crippen LogP contribution in [0, 0.1) is 0 Å². The second-order valence-electron chi connectivity index (χ2n) is 6.17. The number of aliphatic imine (C=N–C) groups is 1. The summed E-state index contributed by atoms with van der Waals surface area (Å²) in [7, 11) is 0.649. The Morgan fingerprint density at radius 1 is 1.03 bits per heavy atom. The maximum absolute atomic E-state index is 12.2. The number of nitrogens with one attached hydrogen (secondary N) is 2. The molecule has 5 nitrogen and oxygen atoms in total. The van der Waals surface area contributed by atoms with Crippen LogP contribution >= 0.6 is 0 Å². The van der Waals surface area contributed by atoms with E-state index in [-0.39, 0.29) is 5.75 Å². The molecule has 2 aromatic rings. The van der Waals surface area contributed by atoms with Crippen molar-refractivity contribution in [3.8, 4) is 5.75 Å². The van der Waals surface area contributed by atoms with Crippen molar-refractivity contribution in [3.63, 3.8) is 0 Å². The molecule has 158 valence electrons.